The van der Waals surface area contributed by atoms with Gasteiger partial charge in [-0.2, -0.15) is 5.26 Å². The molecule has 0 bridgehead atoms. The van der Waals surface area contributed by atoms with Crippen molar-refractivity contribution in [2.45, 2.75) is 36.0 Å². The minimum absolute atomic E-state index is 0.192. The fraction of sp³-hybridized carbons (Fsp3) is 0.342. The Labute approximate surface area is 300 Å². The van der Waals surface area contributed by atoms with Gasteiger partial charge < -0.3 is 19.3 Å². The van der Waals surface area contributed by atoms with Crippen LogP contribution in [0.5, 0.6) is 5.75 Å². The van der Waals surface area contributed by atoms with Crippen molar-refractivity contribution < 1.29 is 23.3 Å². The molecule has 4 aromatic carbocycles. The second kappa shape index (κ2) is 16.6. The van der Waals surface area contributed by atoms with Crippen molar-refractivity contribution in [3.05, 3.63) is 105 Å². The number of methoxy groups -OCH3 is 2. The topological polar surface area (TPSA) is 99.9 Å². The molecule has 8 nitrogen and oxygen atoms in total. The number of rotatable bonds is 12. The SMILES string of the molecule is COC(=O)CN(CC(CCN1CCC(c2ccc(OC)cc2[S@](C)=O)CC1)c1ccc(Cl)c(Cl)c1)C(=O)c1cc(C#N)cc2ccccc12. The first-order valence-electron chi connectivity index (χ1n) is 16.1. The van der Waals surface area contributed by atoms with Gasteiger partial charge in [-0.3, -0.25) is 13.8 Å². The van der Waals surface area contributed by atoms with Gasteiger partial charge in [-0.25, -0.2) is 0 Å². The van der Waals surface area contributed by atoms with Crippen LogP contribution in [-0.4, -0.2) is 79.1 Å². The third-order valence-electron chi connectivity index (χ3n) is 9.26. The van der Waals surface area contributed by atoms with Crippen LogP contribution in [0.3, 0.4) is 0 Å². The minimum atomic E-state index is -1.13. The number of nitriles is 1. The highest BCUT2D eigenvalue weighted by molar-refractivity contribution is 7.84. The molecule has 0 saturated carbocycles. The summed E-state index contributed by atoms with van der Waals surface area (Å²) in [7, 11) is 1.78. The molecular formula is C38H39Cl2N3O5S. The number of carbonyl (C=O) groups is 2. The van der Waals surface area contributed by atoms with Crippen LogP contribution in [0.1, 0.15) is 58.1 Å². The highest BCUT2D eigenvalue weighted by Gasteiger charge is 2.28. The molecule has 1 aliphatic heterocycles. The van der Waals surface area contributed by atoms with Crippen molar-refractivity contribution in [2.24, 2.45) is 0 Å². The number of likely N-dealkylation sites (tertiary alicyclic amines) is 1. The number of nitrogens with zero attached hydrogens (tertiary/aromatic N) is 3. The Hall–Kier alpha value is -3.94. The van der Waals surface area contributed by atoms with E-state index in [0.717, 1.165) is 53.9 Å². The maximum absolute atomic E-state index is 14.3. The Kier molecular flexibility index (Phi) is 12.3. The number of hydrogen-bond donors (Lipinski definition) is 0. The van der Waals surface area contributed by atoms with Crippen molar-refractivity contribution in [1.82, 2.24) is 9.80 Å². The second-order valence-electron chi connectivity index (χ2n) is 12.3. The zero-order chi connectivity index (χ0) is 35.1. The smallest absolute Gasteiger partial charge is 0.325 e. The number of esters is 1. The van der Waals surface area contributed by atoms with Crippen LogP contribution in [-0.2, 0) is 20.3 Å². The first-order chi connectivity index (χ1) is 23.6. The standard InChI is InChI=1S/C38H39Cl2N3O5S/c1-47-30-9-10-32(36(21-30)49(3)46)26-12-15-42(16-13-26)17-14-29(27-8-11-34(39)35(40)20-27)23-43(24-37(44)48-2)38(45)33-19-25(22-41)18-28-6-4-5-7-31(28)33/h4-11,18-21,26,29H,12-17,23-24H2,1-3H3/t29?,49-/m0/s1. The lowest BCUT2D eigenvalue weighted by atomic mass is 9.88. The van der Waals surface area contributed by atoms with E-state index in [2.05, 4.69) is 11.0 Å². The molecule has 0 spiro atoms. The van der Waals surface area contributed by atoms with Gasteiger partial charge in [0, 0.05) is 29.2 Å². The number of amides is 1. The monoisotopic (exact) mass is 719 g/mol. The predicted molar refractivity (Wildman–Crippen MR) is 194 cm³/mol. The largest absolute Gasteiger partial charge is 0.497 e. The summed E-state index contributed by atoms with van der Waals surface area (Å²) in [4.78, 5) is 31.7. The molecule has 0 aliphatic carbocycles. The molecule has 1 aliphatic rings. The molecule has 1 heterocycles. The third kappa shape index (κ3) is 8.81. The molecule has 0 aromatic heterocycles. The predicted octanol–water partition coefficient (Wildman–Crippen LogP) is 7.43. The van der Waals surface area contributed by atoms with Gasteiger partial charge in [-0.05, 0) is 103 Å². The Balaban J connectivity index is 1.38. The number of hydrogen-bond acceptors (Lipinski definition) is 7. The lowest BCUT2D eigenvalue weighted by Gasteiger charge is -2.34. The second-order valence-corrected chi connectivity index (χ2v) is 14.4. The molecule has 0 radical (unpaired) electrons. The van der Waals surface area contributed by atoms with Crippen LogP contribution in [0.2, 0.25) is 10.0 Å². The minimum Gasteiger partial charge on any atom is -0.497 e. The van der Waals surface area contributed by atoms with E-state index in [1.807, 2.05) is 54.6 Å². The molecule has 1 unspecified atom stereocenters. The van der Waals surface area contributed by atoms with Crippen molar-refractivity contribution >= 4 is 56.7 Å². The number of ether oxygens (including phenoxy) is 2. The van der Waals surface area contributed by atoms with Crippen molar-refractivity contribution in [3.63, 3.8) is 0 Å². The van der Waals surface area contributed by atoms with Gasteiger partial charge in [-0.15, -0.1) is 0 Å². The van der Waals surface area contributed by atoms with Crippen LogP contribution in [0.15, 0.2) is 77.7 Å². The summed E-state index contributed by atoms with van der Waals surface area (Å²) in [6, 6.07) is 24.2. The van der Waals surface area contributed by atoms with Crippen LogP contribution in [0.4, 0.5) is 0 Å². The van der Waals surface area contributed by atoms with Crippen molar-refractivity contribution in [3.8, 4) is 11.8 Å². The van der Waals surface area contributed by atoms with Gasteiger partial charge in [0.15, 0.2) is 0 Å². The molecule has 1 amide bonds. The molecular weight excluding hydrogens is 681 g/mol. The van der Waals surface area contributed by atoms with Crippen LogP contribution in [0.25, 0.3) is 10.8 Å². The van der Waals surface area contributed by atoms with E-state index in [1.165, 1.54) is 12.0 Å². The van der Waals surface area contributed by atoms with Crippen LogP contribution < -0.4 is 4.74 Å². The Morgan fingerprint density at radius 2 is 1.78 bits per heavy atom. The first-order valence-corrected chi connectivity index (χ1v) is 18.4. The van der Waals surface area contributed by atoms with Crippen molar-refractivity contribution in [1.29, 1.82) is 5.26 Å². The van der Waals surface area contributed by atoms with E-state index < -0.39 is 16.8 Å². The Morgan fingerprint density at radius 3 is 2.45 bits per heavy atom. The Morgan fingerprint density at radius 1 is 1.02 bits per heavy atom. The van der Waals surface area contributed by atoms with Crippen LogP contribution >= 0.6 is 23.2 Å². The summed E-state index contributed by atoms with van der Waals surface area (Å²) < 4.78 is 22.9. The summed E-state index contributed by atoms with van der Waals surface area (Å²) in [6.07, 6.45) is 4.22. The first kappa shape index (κ1) is 36.3. The lowest BCUT2D eigenvalue weighted by molar-refractivity contribution is -0.141. The molecule has 5 rings (SSSR count). The van der Waals surface area contributed by atoms with E-state index in [9.17, 15) is 19.1 Å². The summed E-state index contributed by atoms with van der Waals surface area (Å²) in [6.45, 7) is 2.42. The molecule has 1 fully saturated rings. The average molecular weight is 721 g/mol. The number of piperidine rings is 1. The summed E-state index contributed by atoms with van der Waals surface area (Å²) in [5.41, 5.74) is 2.71. The van der Waals surface area contributed by atoms with E-state index in [1.54, 1.807) is 31.6 Å². The summed E-state index contributed by atoms with van der Waals surface area (Å²) in [5.74, 6) is -0.116. The fourth-order valence-electron chi connectivity index (χ4n) is 6.59. The molecule has 49 heavy (non-hydrogen) atoms. The van der Waals surface area contributed by atoms with Gasteiger partial charge >= 0.3 is 5.97 Å². The molecule has 11 heteroatoms. The molecule has 4 aromatic rings. The average Bonchev–Trinajstić information content (AvgIpc) is 3.13. The summed E-state index contributed by atoms with van der Waals surface area (Å²) in [5, 5.41) is 12.0. The van der Waals surface area contributed by atoms with Gasteiger partial charge in [-0.1, -0.05) is 59.6 Å². The quantitative estimate of drug-likeness (QED) is 0.140. The zero-order valence-electron chi connectivity index (χ0n) is 27.8. The van der Waals surface area contributed by atoms with Gasteiger partial charge in [0.2, 0.25) is 0 Å². The molecule has 256 valence electrons. The van der Waals surface area contributed by atoms with E-state index in [4.69, 9.17) is 32.7 Å². The van der Waals surface area contributed by atoms with Crippen LogP contribution in [0, 0.1) is 11.3 Å². The van der Waals surface area contributed by atoms with E-state index in [0.29, 0.717) is 44.6 Å². The fourth-order valence-corrected chi connectivity index (χ4v) is 7.75. The third-order valence-corrected chi connectivity index (χ3v) is 11.0. The highest BCUT2D eigenvalue weighted by atomic mass is 35.5. The normalized spacial score (nSPS) is 14.9. The molecule has 0 N–H and O–H groups in total. The number of benzene rings is 4. The number of halogens is 2. The lowest BCUT2D eigenvalue weighted by Crippen LogP contribution is -2.40. The maximum Gasteiger partial charge on any atom is 0.325 e. The van der Waals surface area contributed by atoms with Gasteiger partial charge in [0.1, 0.15) is 12.3 Å². The molecule has 2 atom stereocenters. The van der Waals surface area contributed by atoms with E-state index in [-0.39, 0.29) is 24.9 Å². The van der Waals surface area contributed by atoms with Gasteiger partial charge in [0.05, 0.1) is 46.7 Å². The zero-order valence-corrected chi connectivity index (χ0v) is 30.1. The van der Waals surface area contributed by atoms with Crippen molar-refractivity contribution in [2.75, 3.05) is 53.2 Å². The highest BCUT2D eigenvalue weighted by Crippen LogP contribution is 2.35. The number of carbonyl (C=O) groups excluding carboxylic acids is 2. The number of fused-ring (bicyclic) bond motifs is 1. The molecule has 1 saturated heterocycles. The van der Waals surface area contributed by atoms with E-state index >= 15 is 0 Å². The Bertz CT molecular complexity index is 1900. The van der Waals surface area contributed by atoms with Gasteiger partial charge in [0.25, 0.3) is 5.91 Å². The maximum atomic E-state index is 14.3. The summed E-state index contributed by atoms with van der Waals surface area (Å²) >= 11 is 12.8.